The summed E-state index contributed by atoms with van der Waals surface area (Å²) >= 11 is 0. The number of rotatable bonds is 1. The van der Waals surface area contributed by atoms with E-state index in [2.05, 4.69) is 0 Å². The second-order valence-corrected chi connectivity index (χ2v) is 4.14. The van der Waals surface area contributed by atoms with Crippen LogP contribution in [0.4, 0.5) is 13.2 Å². The highest BCUT2D eigenvalue weighted by atomic mass is 19.4. The average molecular weight is 242 g/mol. The topological polar surface area (TPSA) is 34.1 Å². The van der Waals surface area contributed by atoms with Crippen molar-refractivity contribution >= 4 is 11.6 Å². The van der Waals surface area contributed by atoms with Crippen LogP contribution in [-0.2, 0) is 11.2 Å². The van der Waals surface area contributed by atoms with Crippen LogP contribution in [0.1, 0.15) is 21.5 Å². The summed E-state index contributed by atoms with van der Waals surface area (Å²) in [6.45, 7) is 1.74. The zero-order valence-electron chi connectivity index (χ0n) is 8.97. The Hall–Kier alpha value is -1.65. The van der Waals surface area contributed by atoms with E-state index >= 15 is 0 Å². The summed E-state index contributed by atoms with van der Waals surface area (Å²) in [6, 6.07) is 4.85. The molecule has 0 radical (unpaired) electrons. The molecule has 1 unspecified atom stereocenters. The van der Waals surface area contributed by atoms with Gasteiger partial charge in [0, 0.05) is 5.56 Å². The lowest BCUT2D eigenvalue weighted by atomic mass is 9.99. The van der Waals surface area contributed by atoms with E-state index in [1.807, 2.05) is 0 Å². The molecule has 0 aliphatic heterocycles. The minimum absolute atomic E-state index is 0.146. The molecule has 1 aliphatic carbocycles. The van der Waals surface area contributed by atoms with E-state index in [1.165, 1.54) is 6.07 Å². The Labute approximate surface area is 95.4 Å². The molecule has 2 rings (SSSR count). The highest BCUT2D eigenvalue weighted by molar-refractivity contribution is 6.15. The standard InChI is InChI=1S/C12H9F3O2/c1-6-2-3-7-5-9(10(16)8(7)4-6)11(17)12(13,14)15/h2-4,9H,5H2,1H3. The maximum Gasteiger partial charge on any atom is 0.450 e. The van der Waals surface area contributed by atoms with Crippen molar-refractivity contribution in [3.05, 3.63) is 34.9 Å². The molecule has 0 aromatic heterocycles. The zero-order valence-corrected chi connectivity index (χ0v) is 8.97. The van der Waals surface area contributed by atoms with Gasteiger partial charge in [-0.1, -0.05) is 17.7 Å². The lowest BCUT2D eigenvalue weighted by Gasteiger charge is -2.09. The van der Waals surface area contributed by atoms with Gasteiger partial charge in [0.15, 0.2) is 5.78 Å². The van der Waals surface area contributed by atoms with Crippen LogP contribution in [0.3, 0.4) is 0 Å². The molecule has 0 bridgehead atoms. The molecule has 17 heavy (non-hydrogen) atoms. The minimum Gasteiger partial charge on any atom is -0.293 e. The van der Waals surface area contributed by atoms with Crippen molar-refractivity contribution in [3.63, 3.8) is 0 Å². The third kappa shape index (κ3) is 1.97. The molecule has 1 atom stereocenters. The number of benzene rings is 1. The van der Waals surface area contributed by atoms with E-state index in [1.54, 1.807) is 19.1 Å². The third-order valence-corrected chi connectivity index (χ3v) is 2.87. The van der Waals surface area contributed by atoms with Crippen LogP contribution in [-0.4, -0.2) is 17.7 Å². The molecule has 0 amide bonds. The summed E-state index contributed by atoms with van der Waals surface area (Å²) in [5.74, 6) is -4.26. The first-order valence-electron chi connectivity index (χ1n) is 5.05. The Morgan fingerprint density at radius 3 is 2.59 bits per heavy atom. The Morgan fingerprint density at radius 1 is 1.35 bits per heavy atom. The number of carbonyl (C=O) groups is 2. The summed E-state index contributed by atoms with van der Waals surface area (Å²) in [5, 5.41) is 0. The molecule has 1 aliphatic rings. The second kappa shape index (κ2) is 3.68. The molecule has 0 fully saturated rings. The van der Waals surface area contributed by atoms with Gasteiger partial charge in [0.05, 0.1) is 5.92 Å². The molecule has 1 aromatic rings. The Balaban J connectivity index is 2.35. The molecule has 0 N–H and O–H groups in total. The fourth-order valence-electron chi connectivity index (χ4n) is 2.01. The van der Waals surface area contributed by atoms with E-state index in [0.29, 0.717) is 5.56 Å². The van der Waals surface area contributed by atoms with Gasteiger partial charge < -0.3 is 0 Å². The smallest absolute Gasteiger partial charge is 0.293 e. The van der Waals surface area contributed by atoms with Gasteiger partial charge >= 0.3 is 6.18 Å². The minimum atomic E-state index is -4.95. The van der Waals surface area contributed by atoms with Gasteiger partial charge in [-0.05, 0) is 25.0 Å². The number of fused-ring (bicyclic) bond motifs is 1. The van der Waals surface area contributed by atoms with Crippen molar-refractivity contribution in [3.8, 4) is 0 Å². The van der Waals surface area contributed by atoms with Crippen LogP contribution in [0, 0.1) is 12.8 Å². The van der Waals surface area contributed by atoms with E-state index in [4.69, 9.17) is 0 Å². The van der Waals surface area contributed by atoms with Crippen molar-refractivity contribution in [2.24, 2.45) is 5.92 Å². The van der Waals surface area contributed by atoms with Gasteiger partial charge in [0.25, 0.3) is 0 Å². The van der Waals surface area contributed by atoms with Crippen LogP contribution >= 0.6 is 0 Å². The monoisotopic (exact) mass is 242 g/mol. The van der Waals surface area contributed by atoms with Crippen LogP contribution in [0.5, 0.6) is 0 Å². The predicted octanol–water partition coefficient (Wildman–Crippen LogP) is 2.48. The zero-order chi connectivity index (χ0) is 12.8. The van der Waals surface area contributed by atoms with Crippen LogP contribution in [0.15, 0.2) is 18.2 Å². The van der Waals surface area contributed by atoms with E-state index < -0.39 is 23.7 Å². The largest absolute Gasteiger partial charge is 0.450 e. The highest BCUT2D eigenvalue weighted by Gasteiger charge is 2.48. The normalized spacial score (nSPS) is 19.3. The maximum absolute atomic E-state index is 12.3. The Morgan fingerprint density at radius 2 is 2.00 bits per heavy atom. The quantitative estimate of drug-likeness (QED) is 0.709. The van der Waals surface area contributed by atoms with Gasteiger partial charge in [-0.3, -0.25) is 9.59 Å². The van der Waals surface area contributed by atoms with E-state index in [9.17, 15) is 22.8 Å². The molecule has 0 saturated heterocycles. The summed E-state index contributed by atoms with van der Waals surface area (Å²) in [6.07, 6.45) is -5.09. The lowest BCUT2D eigenvalue weighted by Crippen LogP contribution is -2.33. The molecular weight excluding hydrogens is 233 g/mol. The van der Waals surface area contributed by atoms with Crippen molar-refractivity contribution in [1.29, 1.82) is 0 Å². The first-order chi connectivity index (χ1) is 7.80. The van der Waals surface area contributed by atoms with Gasteiger partial charge in [-0.15, -0.1) is 0 Å². The molecule has 90 valence electrons. The van der Waals surface area contributed by atoms with E-state index in [0.717, 1.165) is 5.56 Å². The summed E-state index contributed by atoms with van der Waals surface area (Å²) < 4.78 is 36.8. The molecule has 1 aromatic carbocycles. The molecule has 0 spiro atoms. The SMILES string of the molecule is Cc1ccc2c(c1)C(=O)C(C(=O)C(F)(F)F)C2. The van der Waals surface area contributed by atoms with Crippen molar-refractivity contribution in [1.82, 2.24) is 0 Å². The summed E-state index contributed by atoms with van der Waals surface area (Å²) in [5.41, 5.74) is 1.55. The van der Waals surface area contributed by atoms with Crippen molar-refractivity contribution in [2.45, 2.75) is 19.5 Å². The Kier molecular flexibility index (Phi) is 2.56. The fraction of sp³-hybridized carbons (Fsp3) is 0.333. The van der Waals surface area contributed by atoms with Crippen LogP contribution < -0.4 is 0 Å². The fourth-order valence-corrected chi connectivity index (χ4v) is 2.01. The van der Waals surface area contributed by atoms with Gasteiger partial charge in [0.1, 0.15) is 0 Å². The molecule has 2 nitrogen and oxygen atoms in total. The summed E-state index contributed by atoms with van der Waals surface area (Å²) in [7, 11) is 0. The molecule has 0 heterocycles. The number of carbonyl (C=O) groups excluding carboxylic acids is 2. The van der Waals surface area contributed by atoms with Crippen LogP contribution in [0.2, 0.25) is 0 Å². The van der Waals surface area contributed by atoms with Crippen LogP contribution in [0.25, 0.3) is 0 Å². The Bertz CT molecular complexity index is 503. The molecule has 5 heteroatoms. The number of ketones is 2. The number of hydrogen-bond donors (Lipinski definition) is 0. The summed E-state index contributed by atoms with van der Waals surface area (Å²) in [4.78, 5) is 22.8. The predicted molar refractivity (Wildman–Crippen MR) is 53.8 cm³/mol. The van der Waals surface area contributed by atoms with Crippen molar-refractivity contribution < 1.29 is 22.8 Å². The molecule has 0 saturated carbocycles. The first kappa shape index (κ1) is 11.8. The van der Waals surface area contributed by atoms with Gasteiger partial charge in [0.2, 0.25) is 5.78 Å². The second-order valence-electron chi connectivity index (χ2n) is 4.14. The number of Topliss-reactive ketones (excluding diaryl/α,β-unsaturated/α-hetero) is 2. The average Bonchev–Trinajstić information content (AvgIpc) is 2.54. The maximum atomic E-state index is 12.3. The third-order valence-electron chi connectivity index (χ3n) is 2.87. The van der Waals surface area contributed by atoms with Gasteiger partial charge in [-0.2, -0.15) is 13.2 Å². The number of halogens is 3. The molecular formula is C12H9F3O2. The lowest BCUT2D eigenvalue weighted by molar-refractivity contribution is -0.173. The van der Waals surface area contributed by atoms with Crippen molar-refractivity contribution in [2.75, 3.05) is 0 Å². The number of alkyl halides is 3. The van der Waals surface area contributed by atoms with Gasteiger partial charge in [-0.25, -0.2) is 0 Å². The first-order valence-corrected chi connectivity index (χ1v) is 5.05. The van der Waals surface area contributed by atoms with E-state index in [-0.39, 0.29) is 12.0 Å². The highest BCUT2D eigenvalue weighted by Crippen LogP contribution is 2.32. The number of hydrogen-bond acceptors (Lipinski definition) is 2. The number of aryl methyl sites for hydroxylation is 1.